The molecule has 0 heterocycles. The molecular formula is C14H14S4. The van der Waals surface area contributed by atoms with E-state index in [1.807, 2.05) is 41.2 Å². The third kappa shape index (κ3) is 5.22. The first-order chi connectivity index (χ1) is 8.84. The van der Waals surface area contributed by atoms with Crippen LogP contribution in [0.4, 0.5) is 0 Å². The first-order valence-electron chi connectivity index (χ1n) is 5.58. The molecule has 4 heteroatoms. The molecule has 0 fully saturated rings. The highest BCUT2D eigenvalue weighted by Crippen LogP contribution is 2.47. The highest BCUT2D eigenvalue weighted by Gasteiger charge is 1.97. The number of hydrogen-bond donors (Lipinski definition) is 0. The molecule has 0 aliphatic carbocycles. The third-order valence-electron chi connectivity index (χ3n) is 2.30. The van der Waals surface area contributed by atoms with Gasteiger partial charge in [-0.3, -0.25) is 0 Å². The summed E-state index contributed by atoms with van der Waals surface area (Å²) >= 11 is 0. The van der Waals surface area contributed by atoms with Crippen LogP contribution in [0.2, 0.25) is 0 Å². The van der Waals surface area contributed by atoms with Crippen LogP contribution in [0.3, 0.4) is 0 Å². The van der Waals surface area contributed by atoms with Gasteiger partial charge >= 0.3 is 0 Å². The molecule has 0 N–H and O–H groups in total. The maximum absolute atomic E-state index is 2.18. The van der Waals surface area contributed by atoms with E-state index in [0.717, 1.165) is 5.75 Å². The zero-order chi connectivity index (χ0) is 12.6. The second-order valence-electron chi connectivity index (χ2n) is 3.78. The van der Waals surface area contributed by atoms with Gasteiger partial charge in [-0.15, -0.1) is 0 Å². The van der Waals surface area contributed by atoms with E-state index in [2.05, 4.69) is 61.5 Å². The normalized spacial score (nSPS) is 10.5. The molecule has 0 saturated carbocycles. The van der Waals surface area contributed by atoms with Gasteiger partial charge in [0.15, 0.2) is 0 Å². The van der Waals surface area contributed by atoms with Gasteiger partial charge in [-0.05, 0) is 55.1 Å². The molecule has 0 radical (unpaired) electrons. The molecule has 0 unspecified atom stereocenters. The predicted molar refractivity (Wildman–Crippen MR) is 90.0 cm³/mol. The molecule has 0 aliphatic heterocycles. The van der Waals surface area contributed by atoms with Crippen LogP contribution in [0, 0.1) is 6.92 Å². The molecular weight excluding hydrogens is 296 g/mol. The summed E-state index contributed by atoms with van der Waals surface area (Å²) < 4.78 is 0. The summed E-state index contributed by atoms with van der Waals surface area (Å²) in [5, 5.41) is 0. The lowest BCUT2D eigenvalue weighted by Gasteiger charge is -2.01. The fourth-order valence-corrected chi connectivity index (χ4v) is 6.98. The van der Waals surface area contributed by atoms with Crippen molar-refractivity contribution in [2.24, 2.45) is 0 Å². The van der Waals surface area contributed by atoms with E-state index in [1.165, 1.54) is 16.0 Å². The van der Waals surface area contributed by atoms with Crippen molar-refractivity contribution in [2.45, 2.75) is 17.6 Å². The zero-order valence-electron chi connectivity index (χ0n) is 10.0. The third-order valence-corrected chi connectivity index (χ3v) is 8.50. The Labute approximate surface area is 124 Å². The zero-order valence-corrected chi connectivity index (χ0v) is 13.3. The van der Waals surface area contributed by atoms with Crippen molar-refractivity contribution in [1.82, 2.24) is 0 Å². The summed E-state index contributed by atoms with van der Waals surface area (Å²) in [4.78, 5) is 1.32. The quantitative estimate of drug-likeness (QED) is 0.458. The van der Waals surface area contributed by atoms with E-state index in [1.54, 1.807) is 0 Å². The van der Waals surface area contributed by atoms with Gasteiger partial charge in [0.05, 0.1) is 0 Å². The fraction of sp³-hybridized carbons (Fsp3) is 0.143. The number of aryl methyl sites for hydroxylation is 1. The molecule has 2 rings (SSSR count). The highest BCUT2D eigenvalue weighted by molar-refractivity contribution is 9.26. The Balaban J connectivity index is 1.63. The van der Waals surface area contributed by atoms with Crippen LogP contribution >= 0.6 is 41.2 Å². The largest absolute Gasteiger partial charge is 0.0769 e. The van der Waals surface area contributed by atoms with Gasteiger partial charge in [-0.2, -0.15) is 0 Å². The molecule has 0 saturated heterocycles. The number of benzene rings is 2. The van der Waals surface area contributed by atoms with E-state index in [4.69, 9.17) is 0 Å². The number of rotatable bonds is 6. The SMILES string of the molecule is Cc1ccc(SSSSCc2ccccc2)cc1. The molecule has 0 aromatic heterocycles. The average molecular weight is 311 g/mol. The molecule has 2 aromatic carbocycles. The lowest BCUT2D eigenvalue weighted by atomic mass is 10.2. The van der Waals surface area contributed by atoms with Crippen molar-refractivity contribution in [3.05, 3.63) is 65.7 Å². The second-order valence-corrected chi connectivity index (χ2v) is 9.69. The molecule has 94 valence electrons. The van der Waals surface area contributed by atoms with Gasteiger partial charge < -0.3 is 0 Å². The van der Waals surface area contributed by atoms with Crippen LogP contribution in [0.15, 0.2) is 59.5 Å². The van der Waals surface area contributed by atoms with E-state index in [9.17, 15) is 0 Å². The van der Waals surface area contributed by atoms with Gasteiger partial charge in [0.2, 0.25) is 0 Å². The van der Waals surface area contributed by atoms with Crippen LogP contribution < -0.4 is 0 Å². The Hall–Kier alpha value is -0.160. The van der Waals surface area contributed by atoms with Gasteiger partial charge in [0.1, 0.15) is 0 Å². The lowest BCUT2D eigenvalue weighted by molar-refractivity contribution is 1.38. The van der Waals surface area contributed by atoms with Gasteiger partial charge in [0.25, 0.3) is 0 Å². The first-order valence-corrected chi connectivity index (χ1v) is 10.6. The van der Waals surface area contributed by atoms with Crippen LogP contribution in [-0.4, -0.2) is 0 Å². The summed E-state index contributed by atoms with van der Waals surface area (Å²) in [6, 6.07) is 19.3. The molecule has 0 spiro atoms. The summed E-state index contributed by atoms with van der Waals surface area (Å²) in [6.07, 6.45) is 0. The Morgan fingerprint density at radius 2 is 1.56 bits per heavy atom. The minimum atomic E-state index is 1.06. The van der Waals surface area contributed by atoms with Crippen LogP contribution in [0.25, 0.3) is 0 Å². The summed E-state index contributed by atoms with van der Waals surface area (Å²) in [5.41, 5.74) is 2.70. The van der Waals surface area contributed by atoms with Crippen LogP contribution in [0.1, 0.15) is 11.1 Å². The minimum Gasteiger partial charge on any atom is -0.0769 e. The van der Waals surface area contributed by atoms with E-state index < -0.39 is 0 Å². The molecule has 0 aliphatic rings. The Kier molecular flexibility index (Phi) is 6.41. The Bertz CT molecular complexity index is 453. The standard InChI is InChI=1S/C14H14S4/c1-12-7-9-14(10-8-12)16-18-17-15-11-13-5-3-2-4-6-13/h2-10H,11H2,1H3. The molecule has 0 nitrogen and oxygen atoms in total. The van der Waals surface area contributed by atoms with Crippen molar-refractivity contribution in [2.75, 3.05) is 0 Å². The van der Waals surface area contributed by atoms with E-state index in [0.29, 0.717) is 0 Å². The highest BCUT2D eigenvalue weighted by atomic mass is 33.7. The van der Waals surface area contributed by atoms with Crippen LogP contribution in [0.5, 0.6) is 0 Å². The number of hydrogen-bond acceptors (Lipinski definition) is 4. The minimum absolute atomic E-state index is 1.06. The maximum atomic E-state index is 2.18. The van der Waals surface area contributed by atoms with Crippen molar-refractivity contribution in [3.8, 4) is 0 Å². The first kappa shape index (κ1) is 14.3. The summed E-state index contributed by atoms with van der Waals surface area (Å²) in [6.45, 7) is 2.12. The molecule has 2 aromatic rings. The molecule has 0 atom stereocenters. The Morgan fingerprint density at radius 3 is 2.28 bits per heavy atom. The lowest BCUT2D eigenvalue weighted by Crippen LogP contribution is -1.74. The van der Waals surface area contributed by atoms with Gasteiger partial charge in [-0.25, -0.2) is 0 Å². The van der Waals surface area contributed by atoms with Crippen molar-refractivity contribution in [3.63, 3.8) is 0 Å². The smallest absolute Gasteiger partial charge is 0.0297 e. The van der Waals surface area contributed by atoms with Crippen molar-refractivity contribution >= 4 is 41.2 Å². The van der Waals surface area contributed by atoms with E-state index in [-0.39, 0.29) is 0 Å². The molecule has 0 bridgehead atoms. The van der Waals surface area contributed by atoms with Crippen molar-refractivity contribution < 1.29 is 0 Å². The van der Waals surface area contributed by atoms with Gasteiger partial charge in [-0.1, -0.05) is 58.8 Å². The summed E-state index contributed by atoms with van der Waals surface area (Å²) in [7, 11) is 7.38. The van der Waals surface area contributed by atoms with Crippen LogP contribution in [-0.2, 0) is 5.75 Å². The molecule has 18 heavy (non-hydrogen) atoms. The van der Waals surface area contributed by atoms with E-state index >= 15 is 0 Å². The fourth-order valence-electron chi connectivity index (χ4n) is 1.33. The Morgan fingerprint density at radius 1 is 0.833 bits per heavy atom. The van der Waals surface area contributed by atoms with Gasteiger partial charge in [0, 0.05) is 10.6 Å². The maximum Gasteiger partial charge on any atom is 0.0297 e. The molecule has 0 amide bonds. The average Bonchev–Trinajstić information content (AvgIpc) is 2.42. The summed E-state index contributed by atoms with van der Waals surface area (Å²) in [5.74, 6) is 1.06. The van der Waals surface area contributed by atoms with Crippen molar-refractivity contribution in [1.29, 1.82) is 0 Å². The topological polar surface area (TPSA) is 0 Å². The monoisotopic (exact) mass is 310 g/mol. The predicted octanol–water partition coefficient (Wildman–Crippen LogP) is 6.23. The second kappa shape index (κ2) is 8.10.